The van der Waals surface area contributed by atoms with Gasteiger partial charge in [-0.3, -0.25) is 0 Å². The van der Waals surface area contributed by atoms with Crippen molar-refractivity contribution in [1.82, 2.24) is 5.32 Å². The van der Waals surface area contributed by atoms with E-state index in [1.807, 2.05) is 6.07 Å². The van der Waals surface area contributed by atoms with Gasteiger partial charge in [-0.1, -0.05) is 44.7 Å². The maximum Gasteiger partial charge on any atom is 0.137 e. The first-order valence-corrected chi connectivity index (χ1v) is 8.95. The third kappa shape index (κ3) is 3.75. The van der Waals surface area contributed by atoms with Crippen molar-refractivity contribution < 1.29 is 4.74 Å². The predicted molar refractivity (Wildman–Crippen MR) is 93.3 cm³/mol. The molecule has 1 aromatic rings. The molecule has 2 rings (SSSR count). The van der Waals surface area contributed by atoms with Crippen LogP contribution < -0.4 is 10.1 Å². The van der Waals surface area contributed by atoms with Gasteiger partial charge in [0.25, 0.3) is 0 Å². The number of halogens is 2. The quantitative estimate of drug-likeness (QED) is 0.710. The zero-order chi connectivity index (χ0) is 15.5. The SMILES string of the molecule is CCNC(c1cc(Cl)cc(Br)c1OC)C1(C)CCCCC1. The van der Waals surface area contributed by atoms with E-state index < -0.39 is 0 Å². The third-order valence-corrected chi connectivity index (χ3v) is 5.46. The van der Waals surface area contributed by atoms with Gasteiger partial charge in [0.1, 0.15) is 5.75 Å². The number of methoxy groups -OCH3 is 1. The fourth-order valence-corrected chi connectivity index (χ4v) is 4.59. The monoisotopic (exact) mass is 373 g/mol. The third-order valence-electron chi connectivity index (χ3n) is 4.65. The van der Waals surface area contributed by atoms with Gasteiger partial charge < -0.3 is 10.1 Å². The molecule has 1 N–H and O–H groups in total. The van der Waals surface area contributed by atoms with Crippen molar-refractivity contribution in [2.45, 2.75) is 52.0 Å². The topological polar surface area (TPSA) is 21.3 Å². The molecule has 118 valence electrons. The van der Waals surface area contributed by atoms with E-state index in [1.54, 1.807) is 7.11 Å². The van der Waals surface area contributed by atoms with E-state index >= 15 is 0 Å². The summed E-state index contributed by atoms with van der Waals surface area (Å²) in [7, 11) is 1.73. The normalized spacial score (nSPS) is 19.3. The number of nitrogens with one attached hydrogen (secondary N) is 1. The Hall–Kier alpha value is -0.250. The second-order valence-corrected chi connectivity index (χ2v) is 7.51. The molecule has 0 aromatic heterocycles. The van der Waals surface area contributed by atoms with E-state index in [-0.39, 0.29) is 11.5 Å². The maximum atomic E-state index is 6.29. The molecule has 0 radical (unpaired) electrons. The van der Waals surface area contributed by atoms with E-state index in [9.17, 15) is 0 Å². The van der Waals surface area contributed by atoms with Crippen LogP contribution in [-0.4, -0.2) is 13.7 Å². The number of ether oxygens (including phenoxy) is 1. The first-order valence-electron chi connectivity index (χ1n) is 7.78. The Morgan fingerprint density at radius 3 is 2.57 bits per heavy atom. The smallest absolute Gasteiger partial charge is 0.137 e. The maximum absolute atomic E-state index is 6.29. The standard InChI is InChI=1S/C17H25BrClNO/c1-4-20-16(17(2)8-6-5-7-9-17)13-10-12(19)11-14(18)15(13)21-3/h10-11,16,20H,4-9H2,1-3H3. The van der Waals surface area contributed by atoms with Crippen LogP contribution >= 0.6 is 27.5 Å². The lowest BCUT2D eigenvalue weighted by molar-refractivity contribution is 0.143. The average molecular weight is 375 g/mol. The van der Waals surface area contributed by atoms with Crippen LogP contribution in [0.3, 0.4) is 0 Å². The second-order valence-electron chi connectivity index (χ2n) is 6.22. The van der Waals surface area contributed by atoms with Crippen LogP contribution in [0.4, 0.5) is 0 Å². The van der Waals surface area contributed by atoms with Crippen molar-refractivity contribution in [3.05, 3.63) is 27.2 Å². The molecule has 1 aliphatic carbocycles. The number of hydrogen-bond acceptors (Lipinski definition) is 2. The van der Waals surface area contributed by atoms with Gasteiger partial charge in [-0.25, -0.2) is 0 Å². The highest BCUT2D eigenvalue weighted by Gasteiger charge is 2.37. The summed E-state index contributed by atoms with van der Waals surface area (Å²) in [5, 5.41) is 4.43. The minimum atomic E-state index is 0.256. The highest BCUT2D eigenvalue weighted by Crippen LogP contribution is 2.49. The summed E-state index contributed by atoms with van der Waals surface area (Å²) < 4.78 is 6.57. The number of rotatable bonds is 5. The Morgan fingerprint density at radius 1 is 1.33 bits per heavy atom. The van der Waals surface area contributed by atoms with Gasteiger partial charge in [0.2, 0.25) is 0 Å². The van der Waals surface area contributed by atoms with Crippen molar-refractivity contribution in [2.75, 3.05) is 13.7 Å². The Morgan fingerprint density at radius 2 is 2.00 bits per heavy atom. The molecule has 0 saturated heterocycles. The molecule has 1 atom stereocenters. The predicted octanol–water partition coefficient (Wildman–Crippen LogP) is 5.73. The molecular formula is C17H25BrClNO. The van der Waals surface area contributed by atoms with Crippen LogP contribution in [0.1, 0.15) is 57.6 Å². The molecule has 0 amide bonds. The molecule has 1 aliphatic rings. The molecule has 1 fully saturated rings. The van der Waals surface area contributed by atoms with Gasteiger partial charge in [0.15, 0.2) is 0 Å². The Bertz CT molecular complexity index is 486. The van der Waals surface area contributed by atoms with Gasteiger partial charge in [-0.15, -0.1) is 0 Å². The van der Waals surface area contributed by atoms with Crippen molar-refractivity contribution >= 4 is 27.5 Å². The van der Waals surface area contributed by atoms with Gasteiger partial charge in [0.05, 0.1) is 11.6 Å². The van der Waals surface area contributed by atoms with E-state index in [4.69, 9.17) is 16.3 Å². The lowest BCUT2D eigenvalue weighted by atomic mass is 9.68. The van der Waals surface area contributed by atoms with Crippen LogP contribution in [0.25, 0.3) is 0 Å². The second kappa shape index (κ2) is 7.34. The van der Waals surface area contributed by atoms with Crippen molar-refractivity contribution in [2.24, 2.45) is 5.41 Å². The van der Waals surface area contributed by atoms with Crippen LogP contribution in [0, 0.1) is 5.41 Å². The number of hydrogen-bond donors (Lipinski definition) is 1. The lowest BCUT2D eigenvalue weighted by Gasteiger charge is -2.42. The Kier molecular flexibility index (Phi) is 5.98. The summed E-state index contributed by atoms with van der Waals surface area (Å²) in [6, 6.07) is 4.22. The fourth-order valence-electron chi connectivity index (χ4n) is 3.59. The average Bonchev–Trinajstić information content (AvgIpc) is 2.44. The molecule has 1 aromatic carbocycles. The molecule has 0 spiro atoms. The highest BCUT2D eigenvalue weighted by atomic mass is 79.9. The van der Waals surface area contributed by atoms with Gasteiger partial charge in [-0.05, 0) is 52.9 Å². The van der Waals surface area contributed by atoms with Gasteiger partial charge >= 0.3 is 0 Å². The Balaban J connectivity index is 2.47. The van der Waals surface area contributed by atoms with E-state index in [2.05, 4.69) is 41.2 Å². The Labute approximate surface area is 141 Å². The van der Waals surface area contributed by atoms with E-state index in [0.717, 1.165) is 21.8 Å². The summed E-state index contributed by atoms with van der Waals surface area (Å²) in [6.45, 7) is 5.49. The highest BCUT2D eigenvalue weighted by molar-refractivity contribution is 9.10. The fraction of sp³-hybridized carbons (Fsp3) is 0.647. The molecule has 0 bridgehead atoms. The largest absolute Gasteiger partial charge is 0.495 e. The summed E-state index contributed by atoms with van der Waals surface area (Å²) in [6.07, 6.45) is 6.46. The van der Waals surface area contributed by atoms with Gasteiger partial charge in [-0.2, -0.15) is 0 Å². The molecule has 0 heterocycles. The molecule has 1 unspecified atom stereocenters. The zero-order valence-electron chi connectivity index (χ0n) is 13.1. The molecule has 21 heavy (non-hydrogen) atoms. The summed E-state index contributed by atoms with van der Waals surface area (Å²) >= 11 is 9.88. The first-order chi connectivity index (χ1) is 10.0. The van der Waals surface area contributed by atoms with Crippen LogP contribution in [-0.2, 0) is 0 Å². The molecule has 1 saturated carbocycles. The van der Waals surface area contributed by atoms with E-state index in [0.29, 0.717) is 0 Å². The van der Waals surface area contributed by atoms with Gasteiger partial charge in [0, 0.05) is 16.6 Å². The molecule has 0 aliphatic heterocycles. The van der Waals surface area contributed by atoms with E-state index in [1.165, 1.54) is 37.7 Å². The van der Waals surface area contributed by atoms with Crippen LogP contribution in [0.5, 0.6) is 5.75 Å². The molecular weight excluding hydrogens is 350 g/mol. The number of benzene rings is 1. The lowest BCUT2D eigenvalue weighted by Crippen LogP contribution is -2.38. The van der Waals surface area contributed by atoms with Crippen molar-refractivity contribution in [3.63, 3.8) is 0 Å². The minimum Gasteiger partial charge on any atom is -0.495 e. The summed E-state index contributed by atoms with van der Waals surface area (Å²) in [4.78, 5) is 0. The summed E-state index contributed by atoms with van der Waals surface area (Å²) in [5.41, 5.74) is 1.43. The molecule has 2 nitrogen and oxygen atoms in total. The first kappa shape index (κ1) is 17.1. The zero-order valence-corrected chi connectivity index (χ0v) is 15.5. The summed E-state index contributed by atoms with van der Waals surface area (Å²) in [5.74, 6) is 0.900. The van der Waals surface area contributed by atoms with Crippen molar-refractivity contribution in [3.8, 4) is 5.75 Å². The van der Waals surface area contributed by atoms with Crippen LogP contribution in [0.15, 0.2) is 16.6 Å². The molecule has 4 heteroatoms. The minimum absolute atomic E-state index is 0.256. The van der Waals surface area contributed by atoms with Crippen molar-refractivity contribution in [1.29, 1.82) is 0 Å². The van der Waals surface area contributed by atoms with Crippen LogP contribution in [0.2, 0.25) is 5.02 Å².